The summed E-state index contributed by atoms with van der Waals surface area (Å²) >= 11 is 0. The van der Waals surface area contributed by atoms with E-state index in [1.165, 1.54) is 12.1 Å². The Bertz CT molecular complexity index is 1170. The van der Waals surface area contributed by atoms with Gasteiger partial charge < -0.3 is 10.2 Å². The molecule has 4 aromatic rings. The molecular weight excluding hydrogens is 427 g/mol. The van der Waals surface area contributed by atoms with E-state index < -0.39 is 11.7 Å². The van der Waals surface area contributed by atoms with Gasteiger partial charge in [0.2, 0.25) is 0 Å². The molecule has 164 valence electrons. The first kappa shape index (κ1) is 22.8. The molecule has 2 heterocycles. The lowest BCUT2D eigenvalue weighted by Gasteiger charge is -2.13. The standard InChI is InChI=1S/C22H22F3N5.ClH/c1-29(2)13-5-12-26-20-17-6-3-4-7-19(17)30-21(28-20)18(14-27-30)15-8-10-16(11-9-15)22(23,24)25;/h3-4,6-11,14H,5,12-13H2,1-2H3,(H,26,28);1H. The van der Waals surface area contributed by atoms with Crippen LogP contribution in [0.2, 0.25) is 0 Å². The highest BCUT2D eigenvalue weighted by Crippen LogP contribution is 2.33. The molecule has 0 bridgehead atoms. The molecule has 1 N–H and O–H groups in total. The molecule has 5 nitrogen and oxygen atoms in total. The van der Waals surface area contributed by atoms with Gasteiger partial charge in [0, 0.05) is 17.5 Å². The first-order valence-electron chi connectivity index (χ1n) is 9.67. The molecule has 0 radical (unpaired) electrons. The number of fused-ring (bicyclic) bond motifs is 3. The molecule has 4 rings (SSSR count). The van der Waals surface area contributed by atoms with Crippen LogP contribution in [0, 0.1) is 0 Å². The highest BCUT2D eigenvalue weighted by atomic mass is 35.5. The van der Waals surface area contributed by atoms with Gasteiger partial charge in [-0.1, -0.05) is 24.3 Å². The van der Waals surface area contributed by atoms with Crippen molar-refractivity contribution in [1.29, 1.82) is 0 Å². The summed E-state index contributed by atoms with van der Waals surface area (Å²) in [7, 11) is 4.06. The normalized spacial score (nSPS) is 11.8. The number of nitrogens with zero attached hydrogens (tertiary/aromatic N) is 4. The molecule has 0 aliphatic heterocycles. The first-order valence-corrected chi connectivity index (χ1v) is 9.67. The maximum Gasteiger partial charge on any atom is 0.416 e. The zero-order valence-corrected chi connectivity index (χ0v) is 18.0. The van der Waals surface area contributed by atoms with E-state index in [9.17, 15) is 13.2 Å². The third-order valence-corrected chi connectivity index (χ3v) is 4.95. The molecule has 0 unspecified atom stereocenters. The Hall–Kier alpha value is -2.84. The summed E-state index contributed by atoms with van der Waals surface area (Å²) in [4.78, 5) is 6.90. The highest BCUT2D eigenvalue weighted by Gasteiger charge is 2.30. The van der Waals surface area contributed by atoms with Gasteiger partial charge in [-0.05, 0) is 56.9 Å². The number of anilines is 1. The second kappa shape index (κ2) is 9.11. The lowest BCUT2D eigenvalue weighted by atomic mass is 10.1. The fraction of sp³-hybridized carbons (Fsp3) is 0.273. The van der Waals surface area contributed by atoms with Crippen LogP contribution < -0.4 is 5.32 Å². The lowest BCUT2D eigenvalue weighted by molar-refractivity contribution is -0.137. The number of para-hydroxylation sites is 1. The van der Waals surface area contributed by atoms with Gasteiger partial charge in [0.1, 0.15) is 5.82 Å². The Morgan fingerprint density at radius 3 is 2.42 bits per heavy atom. The summed E-state index contributed by atoms with van der Waals surface area (Å²) in [6, 6.07) is 12.9. The van der Waals surface area contributed by atoms with Crippen molar-refractivity contribution in [1.82, 2.24) is 19.5 Å². The van der Waals surface area contributed by atoms with Crippen LogP contribution in [0.1, 0.15) is 12.0 Å². The summed E-state index contributed by atoms with van der Waals surface area (Å²) in [5, 5.41) is 8.80. The summed E-state index contributed by atoms with van der Waals surface area (Å²) in [6.07, 6.45) is -1.76. The van der Waals surface area contributed by atoms with Crippen LogP contribution in [-0.2, 0) is 6.18 Å². The van der Waals surface area contributed by atoms with E-state index in [0.29, 0.717) is 16.8 Å². The smallest absolute Gasteiger partial charge is 0.369 e. The Labute approximate surface area is 184 Å². The van der Waals surface area contributed by atoms with Gasteiger partial charge in [-0.3, -0.25) is 0 Å². The minimum Gasteiger partial charge on any atom is -0.369 e. The molecule has 31 heavy (non-hydrogen) atoms. The number of rotatable bonds is 6. The van der Waals surface area contributed by atoms with Crippen molar-refractivity contribution in [3.05, 3.63) is 60.3 Å². The molecule has 0 spiro atoms. The molecule has 0 aliphatic rings. The zero-order valence-electron chi connectivity index (χ0n) is 17.1. The van der Waals surface area contributed by atoms with Gasteiger partial charge in [0.15, 0.2) is 5.65 Å². The number of aromatic nitrogens is 3. The molecule has 2 aromatic heterocycles. The number of benzene rings is 2. The Morgan fingerprint density at radius 1 is 1.03 bits per heavy atom. The average Bonchev–Trinajstić information content (AvgIpc) is 3.14. The Balaban J connectivity index is 0.00000272. The fourth-order valence-electron chi connectivity index (χ4n) is 3.43. The molecule has 0 amide bonds. The van der Waals surface area contributed by atoms with Crippen LogP contribution in [0.5, 0.6) is 0 Å². The molecule has 0 atom stereocenters. The van der Waals surface area contributed by atoms with E-state index in [4.69, 9.17) is 4.98 Å². The number of hydrogen-bond acceptors (Lipinski definition) is 4. The summed E-state index contributed by atoms with van der Waals surface area (Å²) in [5.41, 5.74) is 2.13. The lowest BCUT2D eigenvalue weighted by Crippen LogP contribution is -2.17. The molecular formula is C22H23ClF3N5. The predicted molar refractivity (Wildman–Crippen MR) is 120 cm³/mol. The third kappa shape index (κ3) is 4.75. The van der Waals surface area contributed by atoms with E-state index in [0.717, 1.165) is 48.4 Å². The Morgan fingerprint density at radius 2 is 1.74 bits per heavy atom. The fourth-order valence-corrected chi connectivity index (χ4v) is 3.43. The maximum absolute atomic E-state index is 12.9. The third-order valence-electron chi connectivity index (χ3n) is 4.95. The van der Waals surface area contributed by atoms with E-state index in [1.54, 1.807) is 10.7 Å². The van der Waals surface area contributed by atoms with Crippen LogP contribution in [0.3, 0.4) is 0 Å². The van der Waals surface area contributed by atoms with E-state index in [-0.39, 0.29) is 12.4 Å². The number of nitrogens with one attached hydrogen (secondary N) is 1. The number of hydrogen-bond donors (Lipinski definition) is 1. The van der Waals surface area contributed by atoms with E-state index >= 15 is 0 Å². The van der Waals surface area contributed by atoms with Crippen molar-refractivity contribution >= 4 is 34.8 Å². The van der Waals surface area contributed by atoms with Gasteiger partial charge in [0.05, 0.1) is 17.3 Å². The van der Waals surface area contributed by atoms with Crippen LogP contribution in [0.4, 0.5) is 19.0 Å². The van der Waals surface area contributed by atoms with Crippen molar-refractivity contribution < 1.29 is 13.2 Å². The van der Waals surface area contributed by atoms with E-state index in [2.05, 4.69) is 15.3 Å². The molecule has 0 fully saturated rings. The topological polar surface area (TPSA) is 45.5 Å². The van der Waals surface area contributed by atoms with Crippen LogP contribution in [0.15, 0.2) is 54.7 Å². The largest absolute Gasteiger partial charge is 0.416 e. The van der Waals surface area contributed by atoms with Crippen molar-refractivity contribution in [2.45, 2.75) is 12.6 Å². The SMILES string of the molecule is CN(C)CCCNc1nc2c(-c3ccc(C(F)(F)F)cc3)cnn2c2ccccc12.Cl. The molecule has 0 saturated heterocycles. The molecule has 0 aliphatic carbocycles. The van der Waals surface area contributed by atoms with Crippen LogP contribution in [-0.4, -0.2) is 46.7 Å². The first-order chi connectivity index (χ1) is 14.3. The van der Waals surface area contributed by atoms with Gasteiger partial charge in [0.25, 0.3) is 0 Å². The van der Waals surface area contributed by atoms with Crippen molar-refractivity contribution in [3.63, 3.8) is 0 Å². The summed E-state index contributed by atoms with van der Waals surface area (Å²) < 4.78 is 40.4. The predicted octanol–water partition coefficient (Wildman–Crippen LogP) is 5.35. The minimum atomic E-state index is -4.36. The molecule has 9 heteroatoms. The van der Waals surface area contributed by atoms with Crippen molar-refractivity contribution in [2.75, 3.05) is 32.5 Å². The average molecular weight is 450 g/mol. The van der Waals surface area contributed by atoms with Gasteiger partial charge >= 0.3 is 6.18 Å². The van der Waals surface area contributed by atoms with Crippen molar-refractivity contribution in [3.8, 4) is 11.1 Å². The summed E-state index contributed by atoms with van der Waals surface area (Å²) in [5.74, 6) is 0.741. The van der Waals surface area contributed by atoms with Crippen LogP contribution >= 0.6 is 12.4 Å². The van der Waals surface area contributed by atoms with Crippen molar-refractivity contribution in [2.24, 2.45) is 0 Å². The molecule has 0 saturated carbocycles. The number of halogens is 4. The Kier molecular flexibility index (Phi) is 6.71. The minimum absolute atomic E-state index is 0. The van der Waals surface area contributed by atoms with E-state index in [1.807, 2.05) is 38.4 Å². The van der Waals surface area contributed by atoms with Gasteiger partial charge in [-0.2, -0.15) is 18.3 Å². The van der Waals surface area contributed by atoms with Gasteiger partial charge in [-0.15, -0.1) is 12.4 Å². The molecule has 2 aromatic carbocycles. The monoisotopic (exact) mass is 449 g/mol. The highest BCUT2D eigenvalue weighted by molar-refractivity contribution is 5.93. The maximum atomic E-state index is 12.9. The second-order valence-corrected chi connectivity index (χ2v) is 7.43. The summed E-state index contributed by atoms with van der Waals surface area (Å²) in [6.45, 7) is 1.71. The second-order valence-electron chi connectivity index (χ2n) is 7.43. The van der Waals surface area contributed by atoms with Gasteiger partial charge in [-0.25, -0.2) is 9.50 Å². The quantitative estimate of drug-likeness (QED) is 0.403. The number of alkyl halides is 3. The zero-order chi connectivity index (χ0) is 21.3. The van der Waals surface area contributed by atoms with Crippen LogP contribution in [0.25, 0.3) is 27.7 Å².